The maximum Gasteiger partial charge on any atom is 0.313 e. The van der Waals surface area contributed by atoms with E-state index in [1.807, 2.05) is 0 Å². The minimum atomic E-state index is -0.924. The van der Waals surface area contributed by atoms with Crippen molar-refractivity contribution in [1.82, 2.24) is 4.90 Å². The summed E-state index contributed by atoms with van der Waals surface area (Å²) in [5, 5.41) is 0. The molecule has 106 valence electrons. The Morgan fingerprint density at radius 1 is 1.30 bits per heavy atom. The van der Waals surface area contributed by atoms with Gasteiger partial charge >= 0.3 is 5.97 Å². The molecule has 0 fully saturated rings. The SMILES string of the molecule is COC(=O)C(C)(C)CN1C(=O)Cc2ccccc2C1=O. The van der Waals surface area contributed by atoms with Crippen molar-refractivity contribution < 1.29 is 19.1 Å². The number of carbonyl (C=O) groups excluding carboxylic acids is 3. The minimum Gasteiger partial charge on any atom is -0.469 e. The number of hydrogen-bond donors (Lipinski definition) is 0. The quantitative estimate of drug-likeness (QED) is 0.618. The van der Waals surface area contributed by atoms with E-state index in [2.05, 4.69) is 0 Å². The molecule has 0 aromatic heterocycles. The average Bonchev–Trinajstić information content (AvgIpc) is 2.42. The third-order valence-electron chi connectivity index (χ3n) is 3.43. The summed E-state index contributed by atoms with van der Waals surface area (Å²) in [6.45, 7) is 3.32. The largest absolute Gasteiger partial charge is 0.469 e. The van der Waals surface area contributed by atoms with Crippen molar-refractivity contribution in [2.45, 2.75) is 20.3 Å². The maximum absolute atomic E-state index is 12.4. The van der Waals surface area contributed by atoms with Crippen molar-refractivity contribution in [3.05, 3.63) is 35.4 Å². The van der Waals surface area contributed by atoms with E-state index in [1.54, 1.807) is 38.1 Å². The summed E-state index contributed by atoms with van der Waals surface area (Å²) in [6, 6.07) is 7.03. The summed E-state index contributed by atoms with van der Waals surface area (Å²) in [7, 11) is 1.29. The molecule has 1 aromatic rings. The molecule has 20 heavy (non-hydrogen) atoms. The Kier molecular flexibility index (Phi) is 3.61. The Balaban J connectivity index is 2.29. The van der Waals surface area contributed by atoms with Gasteiger partial charge in [-0.05, 0) is 25.5 Å². The molecule has 2 amide bonds. The van der Waals surface area contributed by atoms with Crippen LogP contribution in [0.1, 0.15) is 29.8 Å². The van der Waals surface area contributed by atoms with E-state index < -0.39 is 11.4 Å². The molecule has 0 unspecified atom stereocenters. The first-order chi connectivity index (χ1) is 9.36. The second-order valence-corrected chi connectivity index (χ2v) is 5.49. The monoisotopic (exact) mass is 275 g/mol. The van der Waals surface area contributed by atoms with E-state index >= 15 is 0 Å². The molecule has 1 aromatic carbocycles. The van der Waals surface area contributed by atoms with Crippen LogP contribution in [0.15, 0.2) is 24.3 Å². The maximum atomic E-state index is 12.4. The summed E-state index contributed by atoms with van der Waals surface area (Å²) >= 11 is 0. The van der Waals surface area contributed by atoms with Gasteiger partial charge in [-0.2, -0.15) is 0 Å². The molecule has 0 aliphatic carbocycles. The summed E-state index contributed by atoms with van der Waals surface area (Å²) < 4.78 is 4.71. The van der Waals surface area contributed by atoms with Gasteiger partial charge in [-0.15, -0.1) is 0 Å². The second-order valence-electron chi connectivity index (χ2n) is 5.49. The molecular weight excluding hydrogens is 258 g/mol. The van der Waals surface area contributed by atoms with Crippen LogP contribution in [0, 0.1) is 5.41 Å². The molecule has 1 heterocycles. The molecule has 0 saturated carbocycles. The Morgan fingerprint density at radius 2 is 1.95 bits per heavy atom. The lowest BCUT2D eigenvalue weighted by Crippen LogP contribution is -2.49. The van der Waals surface area contributed by atoms with E-state index in [1.165, 1.54) is 7.11 Å². The Labute approximate surface area is 117 Å². The molecule has 0 saturated heterocycles. The number of nitrogens with zero attached hydrogens (tertiary/aromatic N) is 1. The number of amides is 2. The summed E-state index contributed by atoms with van der Waals surface area (Å²) in [6.07, 6.45) is 0.180. The topological polar surface area (TPSA) is 63.7 Å². The third-order valence-corrected chi connectivity index (χ3v) is 3.43. The summed E-state index contributed by atoms with van der Waals surface area (Å²) in [5.74, 6) is -1.09. The molecule has 0 atom stereocenters. The van der Waals surface area contributed by atoms with Crippen molar-refractivity contribution in [2.75, 3.05) is 13.7 Å². The molecule has 1 aliphatic rings. The highest BCUT2D eigenvalue weighted by molar-refractivity contribution is 6.09. The lowest BCUT2D eigenvalue weighted by atomic mass is 9.90. The van der Waals surface area contributed by atoms with Gasteiger partial charge in [-0.1, -0.05) is 18.2 Å². The van der Waals surface area contributed by atoms with Gasteiger partial charge in [0.25, 0.3) is 5.91 Å². The first kappa shape index (κ1) is 14.2. The van der Waals surface area contributed by atoms with Crippen LogP contribution >= 0.6 is 0 Å². The van der Waals surface area contributed by atoms with Crippen LogP contribution in [-0.2, 0) is 20.7 Å². The fourth-order valence-corrected chi connectivity index (χ4v) is 2.30. The number of imide groups is 1. The van der Waals surface area contributed by atoms with Gasteiger partial charge in [0.2, 0.25) is 5.91 Å². The van der Waals surface area contributed by atoms with Gasteiger partial charge in [0.15, 0.2) is 0 Å². The number of hydrogen-bond acceptors (Lipinski definition) is 4. The van der Waals surface area contributed by atoms with E-state index in [4.69, 9.17) is 4.74 Å². The predicted molar refractivity (Wildman–Crippen MR) is 72.0 cm³/mol. The molecule has 0 spiro atoms. The first-order valence-corrected chi connectivity index (χ1v) is 6.38. The number of rotatable bonds is 3. The molecule has 0 bridgehead atoms. The molecular formula is C15H17NO4. The van der Waals surface area contributed by atoms with Crippen LogP contribution in [0.2, 0.25) is 0 Å². The number of fused-ring (bicyclic) bond motifs is 1. The van der Waals surface area contributed by atoms with Crippen LogP contribution in [0.25, 0.3) is 0 Å². The van der Waals surface area contributed by atoms with Crippen molar-refractivity contribution in [3.8, 4) is 0 Å². The zero-order chi connectivity index (χ0) is 14.9. The summed E-state index contributed by atoms with van der Waals surface area (Å²) in [5.41, 5.74) is 0.328. The zero-order valence-corrected chi connectivity index (χ0v) is 11.8. The summed E-state index contributed by atoms with van der Waals surface area (Å²) in [4.78, 5) is 37.3. The number of esters is 1. The molecule has 0 N–H and O–H groups in total. The highest BCUT2D eigenvalue weighted by atomic mass is 16.5. The van der Waals surface area contributed by atoms with Gasteiger partial charge in [0, 0.05) is 12.1 Å². The Hall–Kier alpha value is -2.17. The van der Waals surface area contributed by atoms with Crippen molar-refractivity contribution in [1.29, 1.82) is 0 Å². The van der Waals surface area contributed by atoms with Gasteiger partial charge in [0.05, 0.1) is 18.9 Å². The standard InChI is InChI=1S/C15H17NO4/c1-15(2,14(19)20-3)9-16-12(17)8-10-6-4-5-7-11(10)13(16)18/h4-7H,8-9H2,1-3H3. The third kappa shape index (κ3) is 2.43. The van der Waals surface area contributed by atoms with Crippen LogP contribution in [0.3, 0.4) is 0 Å². The smallest absolute Gasteiger partial charge is 0.313 e. The number of methoxy groups -OCH3 is 1. The van der Waals surface area contributed by atoms with Crippen molar-refractivity contribution in [2.24, 2.45) is 5.41 Å². The van der Waals surface area contributed by atoms with Gasteiger partial charge in [0.1, 0.15) is 0 Å². The number of benzene rings is 1. The molecule has 2 rings (SSSR count). The zero-order valence-electron chi connectivity index (χ0n) is 11.8. The second kappa shape index (κ2) is 5.07. The van der Waals surface area contributed by atoms with Crippen LogP contribution in [0.4, 0.5) is 0 Å². The normalized spacial score (nSPS) is 15.1. The predicted octanol–water partition coefficient (Wildman–Crippen LogP) is 1.41. The molecule has 0 radical (unpaired) electrons. The van der Waals surface area contributed by atoms with Crippen LogP contribution in [0.5, 0.6) is 0 Å². The lowest BCUT2D eigenvalue weighted by Gasteiger charge is -2.32. The number of ether oxygens (including phenoxy) is 1. The highest BCUT2D eigenvalue weighted by Gasteiger charge is 2.38. The minimum absolute atomic E-state index is 0.0195. The van der Waals surface area contributed by atoms with Crippen LogP contribution in [-0.4, -0.2) is 36.3 Å². The molecule has 1 aliphatic heterocycles. The van der Waals surface area contributed by atoms with E-state index in [-0.39, 0.29) is 24.8 Å². The van der Waals surface area contributed by atoms with Gasteiger partial charge in [-0.3, -0.25) is 19.3 Å². The van der Waals surface area contributed by atoms with Gasteiger partial charge < -0.3 is 4.74 Å². The van der Waals surface area contributed by atoms with Crippen LogP contribution < -0.4 is 0 Å². The van der Waals surface area contributed by atoms with E-state index in [0.717, 1.165) is 10.5 Å². The van der Waals surface area contributed by atoms with E-state index in [9.17, 15) is 14.4 Å². The van der Waals surface area contributed by atoms with Gasteiger partial charge in [-0.25, -0.2) is 0 Å². The average molecular weight is 275 g/mol. The van der Waals surface area contributed by atoms with E-state index in [0.29, 0.717) is 5.56 Å². The fourth-order valence-electron chi connectivity index (χ4n) is 2.30. The van der Waals surface area contributed by atoms with Crippen molar-refractivity contribution in [3.63, 3.8) is 0 Å². The highest BCUT2D eigenvalue weighted by Crippen LogP contribution is 2.25. The Bertz CT molecular complexity index is 577. The lowest BCUT2D eigenvalue weighted by molar-refractivity contribution is -0.152. The number of carbonyl (C=O) groups is 3. The van der Waals surface area contributed by atoms with Crippen molar-refractivity contribution >= 4 is 17.8 Å². The fraction of sp³-hybridized carbons (Fsp3) is 0.400. The molecule has 5 heteroatoms. The molecule has 5 nitrogen and oxygen atoms in total. The Morgan fingerprint density at radius 3 is 2.60 bits per heavy atom. The first-order valence-electron chi connectivity index (χ1n) is 6.38.